The fourth-order valence-electron chi connectivity index (χ4n) is 1.47. The first kappa shape index (κ1) is 12.9. The van der Waals surface area contributed by atoms with Crippen molar-refractivity contribution in [1.29, 1.82) is 0 Å². The molecule has 0 spiro atoms. The molecule has 80 valence electrons. The topological polar surface area (TPSA) is 15.3 Å². The molecule has 2 nitrogen and oxygen atoms in total. The molecular weight excluding hydrogens is 160 g/mol. The molecule has 0 aromatic rings. The molecule has 0 saturated carbocycles. The van der Waals surface area contributed by atoms with Crippen LogP contribution in [0.4, 0.5) is 0 Å². The maximum absolute atomic E-state index is 3.53. The molecule has 0 aromatic carbocycles. The number of nitrogens with one attached hydrogen (secondary N) is 1. The summed E-state index contributed by atoms with van der Waals surface area (Å²) in [5.41, 5.74) is 0. The Morgan fingerprint density at radius 2 is 1.77 bits per heavy atom. The van der Waals surface area contributed by atoms with Gasteiger partial charge >= 0.3 is 0 Å². The van der Waals surface area contributed by atoms with E-state index in [1.165, 1.54) is 12.8 Å². The molecule has 0 heterocycles. The van der Waals surface area contributed by atoms with E-state index in [1.807, 2.05) is 0 Å². The van der Waals surface area contributed by atoms with Crippen molar-refractivity contribution in [3.05, 3.63) is 0 Å². The summed E-state index contributed by atoms with van der Waals surface area (Å²) in [7, 11) is 4.23. The van der Waals surface area contributed by atoms with Crippen LogP contribution in [0.1, 0.15) is 33.6 Å². The second-order valence-corrected chi connectivity index (χ2v) is 4.65. The lowest BCUT2D eigenvalue weighted by Gasteiger charge is -2.18. The lowest BCUT2D eigenvalue weighted by Crippen LogP contribution is -2.36. The van der Waals surface area contributed by atoms with E-state index in [2.05, 4.69) is 45.1 Å². The SMILES string of the molecule is CC(C)CCCNC(C)CN(C)C. The fraction of sp³-hybridized carbons (Fsp3) is 1.00. The van der Waals surface area contributed by atoms with E-state index in [0.29, 0.717) is 6.04 Å². The molecule has 13 heavy (non-hydrogen) atoms. The van der Waals surface area contributed by atoms with Gasteiger partial charge in [-0.25, -0.2) is 0 Å². The molecule has 0 radical (unpaired) electrons. The van der Waals surface area contributed by atoms with Gasteiger partial charge in [-0.1, -0.05) is 13.8 Å². The molecule has 1 atom stereocenters. The monoisotopic (exact) mass is 186 g/mol. The van der Waals surface area contributed by atoms with Crippen LogP contribution < -0.4 is 5.32 Å². The van der Waals surface area contributed by atoms with Crippen LogP contribution in [0.3, 0.4) is 0 Å². The Hall–Kier alpha value is -0.0800. The second kappa shape index (κ2) is 7.34. The Morgan fingerprint density at radius 1 is 1.15 bits per heavy atom. The number of likely N-dealkylation sites (N-methyl/N-ethyl adjacent to an activating group) is 1. The summed E-state index contributed by atoms with van der Waals surface area (Å²) in [5.74, 6) is 0.839. The summed E-state index contributed by atoms with van der Waals surface area (Å²) in [6, 6.07) is 0.613. The van der Waals surface area contributed by atoms with Gasteiger partial charge in [0.15, 0.2) is 0 Å². The van der Waals surface area contributed by atoms with E-state index in [9.17, 15) is 0 Å². The van der Waals surface area contributed by atoms with Crippen molar-refractivity contribution in [2.75, 3.05) is 27.2 Å². The Labute approximate surface area is 83.7 Å². The Kier molecular flexibility index (Phi) is 7.29. The first-order valence-corrected chi connectivity index (χ1v) is 5.40. The number of hydrogen-bond acceptors (Lipinski definition) is 2. The first-order chi connectivity index (χ1) is 6.02. The van der Waals surface area contributed by atoms with Crippen molar-refractivity contribution in [1.82, 2.24) is 10.2 Å². The molecule has 0 fully saturated rings. The summed E-state index contributed by atoms with van der Waals surface area (Å²) in [5, 5.41) is 3.53. The van der Waals surface area contributed by atoms with Gasteiger partial charge in [0.1, 0.15) is 0 Å². The van der Waals surface area contributed by atoms with Crippen molar-refractivity contribution in [2.24, 2.45) is 5.92 Å². The van der Waals surface area contributed by atoms with E-state index < -0.39 is 0 Å². The summed E-state index contributed by atoms with van der Waals surface area (Å²) in [4.78, 5) is 2.22. The van der Waals surface area contributed by atoms with Gasteiger partial charge < -0.3 is 10.2 Å². The zero-order valence-corrected chi connectivity index (χ0v) is 9.93. The van der Waals surface area contributed by atoms with Crippen LogP contribution >= 0.6 is 0 Å². The quantitative estimate of drug-likeness (QED) is 0.612. The Bertz CT molecular complexity index is 111. The first-order valence-electron chi connectivity index (χ1n) is 5.40. The third-order valence-electron chi connectivity index (χ3n) is 2.09. The maximum atomic E-state index is 3.53. The van der Waals surface area contributed by atoms with Crippen LogP contribution in [0.15, 0.2) is 0 Å². The van der Waals surface area contributed by atoms with Crippen LogP contribution in [-0.4, -0.2) is 38.1 Å². The van der Waals surface area contributed by atoms with E-state index in [-0.39, 0.29) is 0 Å². The summed E-state index contributed by atoms with van der Waals surface area (Å²) in [6.45, 7) is 9.09. The summed E-state index contributed by atoms with van der Waals surface area (Å²) in [6.07, 6.45) is 2.64. The maximum Gasteiger partial charge on any atom is 0.0166 e. The molecule has 1 unspecified atom stereocenters. The molecule has 0 rings (SSSR count). The largest absolute Gasteiger partial charge is 0.313 e. The number of rotatable bonds is 7. The molecule has 0 aliphatic carbocycles. The van der Waals surface area contributed by atoms with Gasteiger partial charge in [-0.3, -0.25) is 0 Å². The second-order valence-electron chi connectivity index (χ2n) is 4.65. The average Bonchev–Trinajstić information content (AvgIpc) is 1.96. The van der Waals surface area contributed by atoms with Crippen LogP contribution in [0.2, 0.25) is 0 Å². The molecule has 1 N–H and O–H groups in total. The lowest BCUT2D eigenvalue weighted by atomic mass is 10.1. The average molecular weight is 186 g/mol. The van der Waals surface area contributed by atoms with Crippen LogP contribution in [0.25, 0.3) is 0 Å². The highest BCUT2D eigenvalue weighted by atomic mass is 15.1. The predicted octanol–water partition coefficient (Wildman–Crippen LogP) is 1.96. The highest BCUT2D eigenvalue weighted by molar-refractivity contribution is 4.63. The van der Waals surface area contributed by atoms with Crippen LogP contribution in [0.5, 0.6) is 0 Å². The predicted molar refractivity (Wildman–Crippen MR) is 60.1 cm³/mol. The smallest absolute Gasteiger partial charge is 0.0166 e. The zero-order chi connectivity index (χ0) is 10.3. The van der Waals surface area contributed by atoms with Gasteiger partial charge in [-0.2, -0.15) is 0 Å². The molecule has 0 aromatic heterocycles. The lowest BCUT2D eigenvalue weighted by molar-refractivity contribution is 0.346. The standard InChI is InChI=1S/C11H26N2/c1-10(2)7-6-8-12-11(3)9-13(4)5/h10-12H,6-9H2,1-5H3. The van der Waals surface area contributed by atoms with Gasteiger partial charge in [0.2, 0.25) is 0 Å². The molecule has 2 heteroatoms. The third-order valence-corrected chi connectivity index (χ3v) is 2.09. The Balaban J connectivity index is 3.22. The Morgan fingerprint density at radius 3 is 2.23 bits per heavy atom. The molecule has 0 amide bonds. The van der Waals surface area contributed by atoms with Crippen molar-refractivity contribution in [2.45, 2.75) is 39.7 Å². The highest BCUT2D eigenvalue weighted by Gasteiger charge is 2.01. The van der Waals surface area contributed by atoms with Crippen molar-refractivity contribution < 1.29 is 0 Å². The van der Waals surface area contributed by atoms with E-state index >= 15 is 0 Å². The van der Waals surface area contributed by atoms with Crippen LogP contribution in [0, 0.1) is 5.92 Å². The summed E-state index contributed by atoms with van der Waals surface area (Å²) >= 11 is 0. The van der Waals surface area contributed by atoms with Gasteiger partial charge in [0, 0.05) is 12.6 Å². The fourth-order valence-corrected chi connectivity index (χ4v) is 1.47. The molecule has 0 saturated heterocycles. The van der Waals surface area contributed by atoms with E-state index in [4.69, 9.17) is 0 Å². The molecular formula is C11H26N2. The highest BCUT2D eigenvalue weighted by Crippen LogP contribution is 2.01. The van der Waals surface area contributed by atoms with Crippen molar-refractivity contribution >= 4 is 0 Å². The van der Waals surface area contributed by atoms with Crippen molar-refractivity contribution in [3.8, 4) is 0 Å². The van der Waals surface area contributed by atoms with Crippen molar-refractivity contribution in [3.63, 3.8) is 0 Å². The van der Waals surface area contributed by atoms with Crippen LogP contribution in [-0.2, 0) is 0 Å². The number of nitrogens with zero attached hydrogens (tertiary/aromatic N) is 1. The number of hydrogen-bond donors (Lipinski definition) is 1. The minimum absolute atomic E-state index is 0.613. The van der Waals surface area contributed by atoms with Gasteiger partial charge in [-0.15, -0.1) is 0 Å². The summed E-state index contributed by atoms with van der Waals surface area (Å²) < 4.78 is 0. The molecule has 0 aliphatic heterocycles. The van der Waals surface area contributed by atoms with Gasteiger partial charge in [-0.05, 0) is 46.3 Å². The zero-order valence-electron chi connectivity index (χ0n) is 9.93. The third kappa shape index (κ3) is 9.84. The molecule has 0 bridgehead atoms. The van der Waals surface area contributed by atoms with E-state index in [1.54, 1.807) is 0 Å². The minimum Gasteiger partial charge on any atom is -0.313 e. The normalized spacial score (nSPS) is 14.1. The molecule has 0 aliphatic rings. The van der Waals surface area contributed by atoms with Gasteiger partial charge in [0.25, 0.3) is 0 Å². The van der Waals surface area contributed by atoms with Gasteiger partial charge in [0.05, 0.1) is 0 Å². The van der Waals surface area contributed by atoms with E-state index in [0.717, 1.165) is 19.0 Å². The minimum atomic E-state index is 0.613.